The smallest absolute Gasteiger partial charge is 0.193 e. The number of nitrogens with zero attached hydrogens (tertiary/aromatic N) is 4. The fourth-order valence-corrected chi connectivity index (χ4v) is 3.94. The van der Waals surface area contributed by atoms with Crippen LogP contribution in [0, 0.1) is 5.82 Å². The van der Waals surface area contributed by atoms with E-state index < -0.39 is 0 Å². The summed E-state index contributed by atoms with van der Waals surface area (Å²) in [6, 6.07) is 7.00. The van der Waals surface area contributed by atoms with Crippen molar-refractivity contribution in [2.75, 3.05) is 26.2 Å². The van der Waals surface area contributed by atoms with Gasteiger partial charge in [0, 0.05) is 31.0 Å². The third kappa shape index (κ3) is 4.64. The molecular weight excluding hydrogens is 470 g/mol. The molecule has 0 bridgehead atoms. The summed E-state index contributed by atoms with van der Waals surface area (Å²) in [7, 11) is 0. The minimum atomic E-state index is -0.163. The Hall–Kier alpha value is -1.71. The zero-order valence-corrected chi connectivity index (χ0v) is 18.5. The highest BCUT2D eigenvalue weighted by Crippen LogP contribution is 2.48. The second kappa shape index (κ2) is 9.19. The number of H-pyrrole nitrogens is 1. The molecule has 0 atom stereocenters. The van der Waals surface area contributed by atoms with Crippen LogP contribution in [0.1, 0.15) is 49.9 Å². The number of hydrogen-bond donors (Lipinski definition) is 2. The molecule has 0 spiro atoms. The first-order valence-electron chi connectivity index (χ1n) is 9.85. The predicted molar refractivity (Wildman–Crippen MR) is 119 cm³/mol. The minimum absolute atomic E-state index is 0. The van der Waals surface area contributed by atoms with Crippen LogP contribution in [0.3, 0.4) is 0 Å². The fraction of sp³-hybridized carbons (Fsp3) is 0.550. The molecule has 1 aliphatic carbocycles. The average Bonchev–Trinajstić information content (AvgIpc) is 3.28. The lowest BCUT2D eigenvalue weighted by atomic mass is 9.96. The summed E-state index contributed by atoms with van der Waals surface area (Å²) in [5.41, 5.74) is 1.09. The van der Waals surface area contributed by atoms with E-state index in [1.807, 2.05) is 6.07 Å². The van der Waals surface area contributed by atoms with Crippen LogP contribution in [0.25, 0.3) is 0 Å². The van der Waals surface area contributed by atoms with Gasteiger partial charge in [0.05, 0.1) is 6.54 Å². The van der Waals surface area contributed by atoms with Crippen LogP contribution in [0.4, 0.5) is 4.39 Å². The first-order chi connectivity index (χ1) is 13.2. The van der Waals surface area contributed by atoms with Gasteiger partial charge in [0.25, 0.3) is 0 Å². The molecule has 0 amide bonds. The highest BCUT2D eigenvalue weighted by molar-refractivity contribution is 14.0. The van der Waals surface area contributed by atoms with E-state index in [0.717, 1.165) is 62.7 Å². The van der Waals surface area contributed by atoms with Crippen LogP contribution < -0.4 is 5.32 Å². The summed E-state index contributed by atoms with van der Waals surface area (Å²) in [5, 5.41) is 10.4. The van der Waals surface area contributed by atoms with Crippen molar-refractivity contribution in [3.05, 3.63) is 47.8 Å². The Labute approximate surface area is 182 Å². The van der Waals surface area contributed by atoms with E-state index in [-0.39, 0.29) is 35.2 Å². The highest BCUT2D eigenvalue weighted by atomic mass is 127. The van der Waals surface area contributed by atoms with Crippen LogP contribution >= 0.6 is 24.0 Å². The van der Waals surface area contributed by atoms with E-state index >= 15 is 0 Å². The van der Waals surface area contributed by atoms with Gasteiger partial charge in [0.1, 0.15) is 18.0 Å². The number of piperidine rings is 1. The summed E-state index contributed by atoms with van der Waals surface area (Å²) in [4.78, 5) is 11.6. The molecule has 2 aliphatic rings. The number of nitrogens with one attached hydrogen (secondary N) is 2. The SMILES string of the molecule is CCNC(=NCC1(c2cccc(F)c2)CC1)N1CCC(c2ncn[nH]2)CC1.I. The summed E-state index contributed by atoms with van der Waals surface area (Å²) < 4.78 is 13.6. The number of guanidine groups is 1. The molecule has 1 aliphatic heterocycles. The maximum atomic E-state index is 13.6. The Morgan fingerprint density at radius 1 is 1.36 bits per heavy atom. The first kappa shape index (κ1) is 21.0. The van der Waals surface area contributed by atoms with Gasteiger partial charge in [0.2, 0.25) is 0 Å². The number of aromatic nitrogens is 3. The Morgan fingerprint density at radius 3 is 2.75 bits per heavy atom. The van der Waals surface area contributed by atoms with Crippen LogP contribution in [0.2, 0.25) is 0 Å². The second-order valence-electron chi connectivity index (χ2n) is 7.59. The van der Waals surface area contributed by atoms with Gasteiger partial charge in [-0.1, -0.05) is 12.1 Å². The molecule has 0 radical (unpaired) electrons. The summed E-state index contributed by atoms with van der Waals surface area (Å²) >= 11 is 0. The maximum absolute atomic E-state index is 13.6. The number of hydrogen-bond acceptors (Lipinski definition) is 3. The van der Waals surface area contributed by atoms with Crippen molar-refractivity contribution in [3.63, 3.8) is 0 Å². The van der Waals surface area contributed by atoms with Crippen molar-refractivity contribution in [1.29, 1.82) is 0 Å². The minimum Gasteiger partial charge on any atom is -0.357 e. The molecule has 0 unspecified atom stereocenters. The molecule has 2 N–H and O–H groups in total. The topological polar surface area (TPSA) is 69.2 Å². The van der Waals surface area contributed by atoms with Gasteiger partial charge in [-0.2, -0.15) is 5.10 Å². The molecular formula is C20H28FIN6. The number of benzene rings is 1. The van der Waals surface area contributed by atoms with E-state index in [0.29, 0.717) is 12.5 Å². The highest BCUT2D eigenvalue weighted by Gasteiger charge is 2.44. The normalized spacial score (nSPS) is 19.2. The second-order valence-corrected chi connectivity index (χ2v) is 7.59. The maximum Gasteiger partial charge on any atom is 0.193 e. The monoisotopic (exact) mass is 498 g/mol. The van der Waals surface area contributed by atoms with Crippen molar-refractivity contribution in [1.82, 2.24) is 25.4 Å². The number of rotatable bonds is 5. The van der Waals surface area contributed by atoms with Crippen molar-refractivity contribution in [2.45, 2.75) is 43.9 Å². The third-order valence-corrected chi connectivity index (χ3v) is 5.77. The van der Waals surface area contributed by atoms with Gasteiger partial charge in [-0.05, 0) is 50.3 Å². The number of halogens is 2. The largest absolute Gasteiger partial charge is 0.357 e. The van der Waals surface area contributed by atoms with Crippen LogP contribution in [0.15, 0.2) is 35.6 Å². The third-order valence-electron chi connectivity index (χ3n) is 5.77. The van der Waals surface area contributed by atoms with E-state index in [1.54, 1.807) is 18.5 Å². The lowest BCUT2D eigenvalue weighted by Crippen LogP contribution is -2.45. The molecule has 1 saturated heterocycles. The Morgan fingerprint density at radius 2 is 2.14 bits per heavy atom. The lowest BCUT2D eigenvalue weighted by Gasteiger charge is -2.33. The first-order valence-corrected chi connectivity index (χ1v) is 9.85. The van der Waals surface area contributed by atoms with Gasteiger partial charge in [-0.3, -0.25) is 10.1 Å². The number of likely N-dealkylation sites (tertiary alicyclic amines) is 1. The molecule has 2 heterocycles. The molecule has 2 fully saturated rings. The Balaban J connectivity index is 0.00000225. The van der Waals surface area contributed by atoms with Crippen molar-refractivity contribution in [3.8, 4) is 0 Å². The molecule has 6 nitrogen and oxygen atoms in total. The predicted octanol–water partition coefficient (Wildman–Crippen LogP) is 3.44. The van der Waals surface area contributed by atoms with Crippen molar-refractivity contribution in [2.24, 2.45) is 4.99 Å². The molecule has 152 valence electrons. The molecule has 1 aromatic heterocycles. The van der Waals surface area contributed by atoms with Crippen LogP contribution in [0.5, 0.6) is 0 Å². The van der Waals surface area contributed by atoms with Crippen molar-refractivity contribution < 1.29 is 4.39 Å². The molecule has 1 aromatic carbocycles. The summed E-state index contributed by atoms with van der Waals surface area (Å²) in [6.45, 7) is 5.54. The lowest BCUT2D eigenvalue weighted by molar-refractivity contribution is 0.298. The van der Waals surface area contributed by atoms with Crippen LogP contribution in [-0.4, -0.2) is 52.2 Å². The molecule has 28 heavy (non-hydrogen) atoms. The average molecular weight is 498 g/mol. The van der Waals surface area contributed by atoms with Crippen molar-refractivity contribution >= 4 is 29.9 Å². The quantitative estimate of drug-likeness (QED) is 0.377. The van der Waals surface area contributed by atoms with E-state index in [9.17, 15) is 4.39 Å². The summed E-state index contributed by atoms with van der Waals surface area (Å²) in [5.74, 6) is 2.23. The van der Waals surface area contributed by atoms with Gasteiger partial charge >= 0.3 is 0 Å². The van der Waals surface area contributed by atoms with Gasteiger partial charge in [-0.15, -0.1) is 24.0 Å². The Kier molecular flexibility index (Phi) is 6.90. The zero-order valence-electron chi connectivity index (χ0n) is 16.2. The van der Waals surface area contributed by atoms with E-state index in [1.165, 1.54) is 6.07 Å². The van der Waals surface area contributed by atoms with E-state index in [2.05, 4.69) is 32.3 Å². The Bertz CT molecular complexity index is 782. The van der Waals surface area contributed by atoms with Gasteiger partial charge < -0.3 is 10.2 Å². The van der Waals surface area contributed by atoms with E-state index in [4.69, 9.17) is 4.99 Å². The van der Waals surface area contributed by atoms with Crippen LogP contribution in [-0.2, 0) is 5.41 Å². The molecule has 1 saturated carbocycles. The molecule has 8 heteroatoms. The fourth-order valence-electron chi connectivity index (χ4n) is 3.94. The number of aromatic amines is 1. The zero-order chi connectivity index (χ0) is 18.7. The molecule has 2 aromatic rings. The summed E-state index contributed by atoms with van der Waals surface area (Å²) in [6.07, 6.45) is 5.80. The number of aliphatic imine (C=N–C) groups is 1. The standard InChI is InChI=1S/C20H27FN6.HI/c1-2-22-19(27-10-6-15(7-11-27)18-24-14-25-26-18)23-13-20(8-9-20)16-4-3-5-17(21)12-16;/h3-5,12,14-15H,2,6-11,13H2,1H3,(H,22,23)(H,24,25,26);1H. The molecule has 4 rings (SSSR count). The van der Waals surface area contributed by atoms with Gasteiger partial charge in [-0.25, -0.2) is 9.37 Å². The van der Waals surface area contributed by atoms with Gasteiger partial charge in [0.15, 0.2) is 5.96 Å².